The summed E-state index contributed by atoms with van der Waals surface area (Å²) < 4.78 is 0. The molecule has 0 spiro atoms. The van der Waals surface area contributed by atoms with E-state index in [0.29, 0.717) is 5.92 Å². The first-order valence-corrected chi connectivity index (χ1v) is 3.27. The number of hydrogen-bond acceptors (Lipinski definition) is 2. The molecule has 0 saturated heterocycles. The molecule has 3 nitrogen and oxygen atoms in total. The smallest absolute Gasteiger partial charge is 0.238 e. The summed E-state index contributed by atoms with van der Waals surface area (Å²) in [5, 5.41) is 0. The molecule has 0 rings (SSSR count). The molecule has 0 aliphatic heterocycles. The predicted molar refractivity (Wildman–Crippen MR) is 41.1 cm³/mol. The summed E-state index contributed by atoms with van der Waals surface area (Å²) in [5.74, 6) is -0.0812. The first kappa shape index (κ1) is 9.17. The van der Waals surface area contributed by atoms with Crippen LogP contribution in [0.2, 0.25) is 0 Å². The minimum Gasteiger partial charge on any atom is -0.368 e. The Morgan fingerprint density at radius 3 is 2.20 bits per heavy atom. The van der Waals surface area contributed by atoms with Crippen LogP contribution in [0.25, 0.3) is 0 Å². The van der Waals surface area contributed by atoms with Crippen LogP contribution < -0.4 is 11.5 Å². The summed E-state index contributed by atoms with van der Waals surface area (Å²) >= 11 is 0. The second-order valence-electron chi connectivity index (χ2n) is 2.56. The molecule has 0 aliphatic carbocycles. The van der Waals surface area contributed by atoms with E-state index in [4.69, 9.17) is 11.5 Å². The zero-order valence-corrected chi connectivity index (χ0v) is 6.37. The topological polar surface area (TPSA) is 69.1 Å². The normalized spacial score (nSPS) is 14.4. The van der Waals surface area contributed by atoms with Crippen molar-refractivity contribution in [2.75, 3.05) is 0 Å². The number of carbonyl (C=O) groups excluding carboxylic acids is 1. The van der Waals surface area contributed by atoms with E-state index in [9.17, 15) is 4.79 Å². The molecule has 0 radical (unpaired) electrons. The van der Waals surface area contributed by atoms with Crippen molar-refractivity contribution in [3.8, 4) is 0 Å². The van der Waals surface area contributed by atoms with Gasteiger partial charge in [0.2, 0.25) is 5.91 Å². The Morgan fingerprint density at radius 2 is 1.90 bits per heavy atom. The Bertz CT molecular complexity index is 141. The number of carbonyl (C=O) groups is 1. The zero-order valence-electron chi connectivity index (χ0n) is 6.37. The Hall–Kier alpha value is -0.830. The summed E-state index contributed by atoms with van der Waals surface area (Å²) in [4.78, 5) is 10.4. The lowest BCUT2D eigenvalue weighted by molar-refractivity contribution is -0.118. The van der Waals surface area contributed by atoms with Crippen LogP contribution in [-0.4, -0.2) is 11.9 Å². The molecule has 0 fully saturated rings. The lowest BCUT2D eigenvalue weighted by Crippen LogP contribution is -2.34. The molecule has 0 heterocycles. The van der Waals surface area contributed by atoms with Crippen molar-refractivity contribution < 1.29 is 4.79 Å². The molecular formula is C7H14N2O. The van der Waals surface area contributed by atoms with Crippen molar-refractivity contribution in [3.63, 3.8) is 0 Å². The van der Waals surface area contributed by atoms with Crippen molar-refractivity contribution in [2.24, 2.45) is 17.4 Å². The lowest BCUT2D eigenvalue weighted by Gasteiger charge is -1.99. The van der Waals surface area contributed by atoms with Crippen LogP contribution in [0.4, 0.5) is 0 Å². The fourth-order valence-corrected chi connectivity index (χ4v) is 0.437. The molecule has 4 N–H and O–H groups in total. The molecule has 0 aromatic rings. The molecule has 0 aromatic carbocycles. The highest BCUT2D eigenvalue weighted by Crippen LogP contribution is 1.93. The van der Waals surface area contributed by atoms with Crippen molar-refractivity contribution in [1.29, 1.82) is 0 Å². The van der Waals surface area contributed by atoms with Crippen molar-refractivity contribution in [1.82, 2.24) is 0 Å². The molecule has 0 saturated carbocycles. The van der Waals surface area contributed by atoms with Gasteiger partial charge in [-0.15, -0.1) is 0 Å². The van der Waals surface area contributed by atoms with E-state index in [1.807, 2.05) is 19.9 Å². The van der Waals surface area contributed by atoms with Crippen LogP contribution >= 0.6 is 0 Å². The quantitative estimate of drug-likeness (QED) is 0.545. The largest absolute Gasteiger partial charge is 0.368 e. The van der Waals surface area contributed by atoms with Gasteiger partial charge in [-0.2, -0.15) is 0 Å². The summed E-state index contributed by atoms with van der Waals surface area (Å²) in [7, 11) is 0. The van der Waals surface area contributed by atoms with Gasteiger partial charge >= 0.3 is 0 Å². The van der Waals surface area contributed by atoms with Gasteiger partial charge < -0.3 is 11.5 Å². The number of hydrogen-bond donors (Lipinski definition) is 2. The standard InChI is InChI=1S/C7H14N2O/c1-5(2)3-4-6(8)7(9)10/h3-6H,8H2,1-2H3,(H2,9,10)/b4-3+/t6-/m0/s1. The minimum absolute atomic E-state index is 0.408. The molecule has 10 heavy (non-hydrogen) atoms. The first-order chi connectivity index (χ1) is 4.54. The van der Waals surface area contributed by atoms with E-state index < -0.39 is 11.9 Å². The van der Waals surface area contributed by atoms with Gasteiger partial charge in [-0.05, 0) is 5.92 Å². The second kappa shape index (κ2) is 4.06. The van der Waals surface area contributed by atoms with E-state index in [0.717, 1.165) is 0 Å². The van der Waals surface area contributed by atoms with Gasteiger partial charge in [0.1, 0.15) is 6.04 Å². The second-order valence-corrected chi connectivity index (χ2v) is 2.56. The Morgan fingerprint density at radius 1 is 1.40 bits per heavy atom. The highest BCUT2D eigenvalue weighted by molar-refractivity contribution is 5.81. The molecule has 1 amide bonds. The average Bonchev–Trinajstić information content (AvgIpc) is 1.82. The van der Waals surface area contributed by atoms with Gasteiger partial charge in [0.05, 0.1) is 0 Å². The maximum atomic E-state index is 10.4. The van der Waals surface area contributed by atoms with E-state index in [1.165, 1.54) is 0 Å². The van der Waals surface area contributed by atoms with Gasteiger partial charge in [0.25, 0.3) is 0 Å². The predicted octanol–water partition coefficient (Wildman–Crippen LogP) is 0.0112. The van der Waals surface area contributed by atoms with Crippen LogP contribution in [0.5, 0.6) is 0 Å². The Balaban J connectivity index is 3.77. The van der Waals surface area contributed by atoms with E-state index in [1.54, 1.807) is 6.08 Å². The molecule has 0 bridgehead atoms. The zero-order chi connectivity index (χ0) is 8.15. The third-order valence-corrected chi connectivity index (χ3v) is 1.03. The Kier molecular flexibility index (Phi) is 3.72. The van der Waals surface area contributed by atoms with Gasteiger partial charge in [0.15, 0.2) is 0 Å². The van der Waals surface area contributed by atoms with Gasteiger partial charge in [-0.1, -0.05) is 26.0 Å². The molecule has 0 unspecified atom stereocenters. The van der Waals surface area contributed by atoms with E-state index in [-0.39, 0.29) is 0 Å². The van der Waals surface area contributed by atoms with Crippen molar-refractivity contribution >= 4 is 5.91 Å². The SMILES string of the molecule is CC(C)/C=C/[C@H](N)C(N)=O. The summed E-state index contributed by atoms with van der Waals surface area (Å²) in [5.41, 5.74) is 10.2. The summed E-state index contributed by atoms with van der Waals surface area (Å²) in [6.45, 7) is 4.01. The molecule has 0 aliphatic rings. The number of primary amides is 1. The van der Waals surface area contributed by atoms with Gasteiger partial charge in [-0.3, -0.25) is 4.79 Å². The average molecular weight is 142 g/mol. The van der Waals surface area contributed by atoms with Crippen molar-refractivity contribution in [2.45, 2.75) is 19.9 Å². The first-order valence-electron chi connectivity index (χ1n) is 3.27. The fraction of sp³-hybridized carbons (Fsp3) is 0.571. The number of nitrogens with two attached hydrogens (primary N) is 2. The van der Waals surface area contributed by atoms with Gasteiger partial charge in [0, 0.05) is 0 Å². The molecule has 58 valence electrons. The third kappa shape index (κ3) is 4.09. The van der Waals surface area contributed by atoms with Crippen LogP contribution in [0.15, 0.2) is 12.2 Å². The van der Waals surface area contributed by atoms with Crippen molar-refractivity contribution in [3.05, 3.63) is 12.2 Å². The third-order valence-electron chi connectivity index (χ3n) is 1.03. The molecule has 3 heteroatoms. The molecular weight excluding hydrogens is 128 g/mol. The number of allylic oxidation sites excluding steroid dienone is 1. The summed E-state index contributed by atoms with van der Waals surface area (Å²) in [6, 6.07) is -0.637. The maximum absolute atomic E-state index is 10.4. The highest BCUT2D eigenvalue weighted by Gasteiger charge is 2.02. The van der Waals surface area contributed by atoms with E-state index in [2.05, 4.69) is 0 Å². The molecule has 0 aromatic heterocycles. The van der Waals surface area contributed by atoms with Crippen LogP contribution in [0.3, 0.4) is 0 Å². The minimum atomic E-state index is -0.637. The molecule has 1 atom stereocenters. The van der Waals surface area contributed by atoms with Crippen LogP contribution in [-0.2, 0) is 4.79 Å². The summed E-state index contributed by atoms with van der Waals surface area (Å²) in [6.07, 6.45) is 3.47. The highest BCUT2D eigenvalue weighted by atomic mass is 16.1. The van der Waals surface area contributed by atoms with Crippen LogP contribution in [0, 0.1) is 5.92 Å². The van der Waals surface area contributed by atoms with Crippen LogP contribution in [0.1, 0.15) is 13.8 Å². The maximum Gasteiger partial charge on any atom is 0.238 e. The van der Waals surface area contributed by atoms with E-state index >= 15 is 0 Å². The Labute approximate surface area is 61.1 Å². The van der Waals surface area contributed by atoms with Gasteiger partial charge in [-0.25, -0.2) is 0 Å². The number of rotatable bonds is 3. The monoisotopic (exact) mass is 142 g/mol. The fourth-order valence-electron chi connectivity index (χ4n) is 0.437. The number of amides is 1. The lowest BCUT2D eigenvalue weighted by atomic mass is 10.1.